The molecule has 1 N–H and O–H groups in total. The summed E-state index contributed by atoms with van der Waals surface area (Å²) in [7, 11) is 0. The Hall–Kier alpha value is -2.59. The molecule has 2 aromatic carbocycles. The molecule has 4 rings (SSSR count). The second-order valence-electron chi connectivity index (χ2n) is 5.41. The molecule has 4 aromatic rings. The lowest BCUT2D eigenvalue weighted by Crippen LogP contribution is -2.25. The predicted octanol–water partition coefficient (Wildman–Crippen LogP) is 4.62. The molecule has 23 heavy (non-hydrogen) atoms. The summed E-state index contributed by atoms with van der Waals surface area (Å²) >= 11 is 1.74. The summed E-state index contributed by atoms with van der Waals surface area (Å²) in [4.78, 5) is 12.2. The van der Waals surface area contributed by atoms with Gasteiger partial charge in [0.2, 0.25) is 0 Å². The lowest BCUT2D eigenvalue weighted by molar-refractivity contribution is 0.0928. The summed E-state index contributed by atoms with van der Waals surface area (Å²) in [6.45, 7) is 0.594. The Morgan fingerprint density at radius 2 is 1.91 bits per heavy atom. The summed E-state index contributed by atoms with van der Waals surface area (Å²) in [5, 5.41) is 7.32. The number of benzene rings is 2. The zero-order valence-electron chi connectivity index (χ0n) is 12.4. The van der Waals surface area contributed by atoms with Crippen molar-refractivity contribution in [2.75, 3.05) is 6.54 Å². The van der Waals surface area contributed by atoms with Gasteiger partial charge in [-0.15, -0.1) is 11.3 Å². The van der Waals surface area contributed by atoms with Gasteiger partial charge in [0.25, 0.3) is 5.91 Å². The fraction of sp³-hybridized carbons (Fsp3) is 0.105. The Morgan fingerprint density at radius 3 is 2.83 bits per heavy atom. The standard InChI is InChI=1S/C19H15NO2S/c21-19(17-11-13-5-1-3-7-16(13)22-17)20-10-9-14-12-23-18-8-4-2-6-15(14)18/h1-8,11-12H,9-10H2,(H,20,21). The van der Waals surface area contributed by atoms with Gasteiger partial charge >= 0.3 is 0 Å². The van der Waals surface area contributed by atoms with Crippen LogP contribution >= 0.6 is 11.3 Å². The number of carbonyl (C=O) groups is 1. The van der Waals surface area contributed by atoms with Gasteiger partial charge in [-0.25, -0.2) is 0 Å². The molecule has 0 saturated carbocycles. The highest BCUT2D eigenvalue weighted by Gasteiger charge is 2.11. The van der Waals surface area contributed by atoms with Gasteiger partial charge < -0.3 is 9.73 Å². The highest BCUT2D eigenvalue weighted by molar-refractivity contribution is 7.17. The number of hydrogen-bond donors (Lipinski definition) is 1. The molecule has 0 radical (unpaired) electrons. The monoisotopic (exact) mass is 321 g/mol. The van der Waals surface area contributed by atoms with Crippen molar-refractivity contribution in [1.82, 2.24) is 5.32 Å². The van der Waals surface area contributed by atoms with Gasteiger partial charge in [0.1, 0.15) is 5.58 Å². The van der Waals surface area contributed by atoms with Crippen LogP contribution in [-0.2, 0) is 6.42 Å². The molecule has 4 heteroatoms. The molecule has 0 bridgehead atoms. The molecule has 0 aliphatic heterocycles. The van der Waals surface area contributed by atoms with Crippen molar-refractivity contribution in [2.24, 2.45) is 0 Å². The maximum atomic E-state index is 12.2. The fourth-order valence-electron chi connectivity index (χ4n) is 2.72. The lowest BCUT2D eigenvalue weighted by Gasteiger charge is -2.02. The zero-order chi connectivity index (χ0) is 15.6. The van der Waals surface area contributed by atoms with E-state index < -0.39 is 0 Å². The van der Waals surface area contributed by atoms with Crippen molar-refractivity contribution in [2.45, 2.75) is 6.42 Å². The van der Waals surface area contributed by atoms with Crippen LogP contribution < -0.4 is 5.32 Å². The molecule has 0 fully saturated rings. The van der Waals surface area contributed by atoms with Crippen molar-refractivity contribution in [3.8, 4) is 0 Å². The first-order valence-electron chi connectivity index (χ1n) is 7.53. The number of thiophene rings is 1. The van der Waals surface area contributed by atoms with Crippen LogP contribution in [0.25, 0.3) is 21.1 Å². The van der Waals surface area contributed by atoms with E-state index in [0.29, 0.717) is 12.3 Å². The van der Waals surface area contributed by atoms with E-state index in [-0.39, 0.29) is 5.91 Å². The Morgan fingerprint density at radius 1 is 1.09 bits per heavy atom. The minimum absolute atomic E-state index is 0.166. The fourth-order valence-corrected chi connectivity index (χ4v) is 3.72. The number of nitrogens with one attached hydrogen (secondary N) is 1. The summed E-state index contributed by atoms with van der Waals surface area (Å²) in [5.41, 5.74) is 2.01. The number of para-hydroxylation sites is 1. The van der Waals surface area contributed by atoms with Gasteiger partial charge in [-0.2, -0.15) is 0 Å². The molecular formula is C19H15NO2S. The number of rotatable bonds is 4. The van der Waals surface area contributed by atoms with Crippen molar-refractivity contribution in [3.63, 3.8) is 0 Å². The molecule has 3 nitrogen and oxygen atoms in total. The minimum atomic E-state index is -0.166. The van der Waals surface area contributed by atoms with Gasteiger partial charge in [0.15, 0.2) is 5.76 Å². The Balaban J connectivity index is 1.43. The molecule has 0 aliphatic carbocycles. The molecule has 0 spiro atoms. The van der Waals surface area contributed by atoms with Gasteiger partial charge in [0, 0.05) is 16.6 Å². The second-order valence-corrected chi connectivity index (χ2v) is 6.32. The van der Waals surface area contributed by atoms with Gasteiger partial charge in [-0.1, -0.05) is 36.4 Å². The topological polar surface area (TPSA) is 42.2 Å². The van der Waals surface area contributed by atoms with Crippen LogP contribution in [0, 0.1) is 0 Å². The number of amides is 1. The summed E-state index contributed by atoms with van der Waals surface area (Å²) in [6.07, 6.45) is 0.815. The van der Waals surface area contributed by atoms with Crippen molar-refractivity contribution in [3.05, 3.63) is 71.3 Å². The number of hydrogen-bond acceptors (Lipinski definition) is 3. The summed E-state index contributed by atoms with van der Waals surface area (Å²) in [5.74, 6) is 0.196. The molecular weight excluding hydrogens is 306 g/mol. The molecule has 0 unspecified atom stereocenters. The van der Waals surface area contributed by atoms with E-state index in [0.717, 1.165) is 17.4 Å². The molecule has 2 aromatic heterocycles. The van der Waals surface area contributed by atoms with E-state index in [1.165, 1.54) is 15.6 Å². The van der Waals surface area contributed by atoms with Gasteiger partial charge in [0.05, 0.1) is 0 Å². The Kier molecular flexibility index (Phi) is 3.60. The van der Waals surface area contributed by atoms with E-state index in [1.54, 1.807) is 17.4 Å². The largest absolute Gasteiger partial charge is 0.451 e. The smallest absolute Gasteiger partial charge is 0.287 e. The highest BCUT2D eigenvalue weighted by atomic mass is 32.1. The SMILES string of the molecule is O=C(NCCc1csc2ccccc12)c1cc2ccccc2o1. The highest BCUT2D eigenvalue weighted by Crippen LogP contribution is 2.25. The molecule has 0 atom stereocenters. The van der Waals surface area contributed by atoms with Gasteiger partial charge in [-0.05, 0) is 40.9 Å². The summed E-state index contributed by atoms with van der Waals surface area (Å²) in [6, 6.07) is 17.8. The van der Waals surface area contributed by atoms with Crippen LogP contribution in [0.2, 0.25) is 0 Å². The molecule has 1 amide bonds. The average molecular weight is 321 g/mol. The third-order valence-electron chi connectivity index (χ3n) is 3.89. The average Bonchev–Trinajstić information content (AvgIpc) is 3.19. The Bertz CT molecular complexity index is 950. The lowest BCUT2D eigenvalue weighted by atomic mass is 10.1. The van der Waals surface area contributed by atoms with Crippen molar-refractivity contribution in [1.29, 1.82) is 0 Å². The summed E-state index contributed by atoms with van der Waals surface area (Å²) < 4.78 is 6.86. The van der Waals surface area contributed by atoms with E-state index in [2.05, 4.69) is 22.8 Å². The minimum Gasteiger partial charge on any atom is -0.451 e. The quantitative estimate of drug-likeness (QED) is 0.596. The predicted molar refractivity (Wildman–Crippen MR) is 94.1 cm³/mol. The number of fused-ring (bicyclic) bond motifs is 2. The van der Waals surface area contributed by atoms with Crippen LogP contribution in [0.3, 0.4) is 0 Å². The molecule has 0 saturated heterocycles. The third kappa shape index (κ3) is 2.73. The first-order chi connectivity index (χ1) is 11.3. The molecule has 0 aliphatic rings. The van der Waals surface area contributed by atoms with E-state index in [1.807, 2.05) is 36.4 Å². The zero-order valence-corrected chi connectivity index (χ0v) is 13.2. The number of carbonyl (C=O) groups excluding carboxylic acids is 1. The molecule has 2 heterocycles. The van der Waals surface area contributed by atoms with Crippen LogP contribution in [0.5, 0.6) is 0 Å². The van der Waals surface area contributed by atoms with Crippen LogP contribution in [-0.4, -0.2) is 12.5 Å². The van der Waals surface area contributed by atoms with Crippen LogP contribution in [0.15, 0.2) is 64.4 Å². The van der Waals surface area contributed by atoms with Crippen LogP contribution in [0.1, 0.15) is 16.1 Å². The maximum absolute atomic E-state index is 12.2. The normalized spacial score (nSPS) is 11.1. The van der Waals surface area contributed by atoms with E-state index >= 15 is 0 Å². The van der Waals surface area contributed by atoms with E-state index in [4.69, 9.17) is 4.42 Å². The van der Waals surface area contributed by atoms with Crippen molar-refractivity contribution >= 4 is 38.3 Å². The van der Waals surface area contributed by atoms with Crippen molar-refractivity contribution < 1.29 is 9.21 Å². The first-order valence-corrected chi connectivity index (χ1v) is 8.41. The first kappa shape index (κ1) is 14.0. The third-order valence-corrected chi connectivity index (χ3v) is 4.90. The molecule has 114 valence electrons. The second kappa shape index (κ2) is 5.89. The van der Waals surface area contributed by atoms with Crippen LogP contribution in [0.4, 0.5) is 0 Å². The Labute approximate surface area is 137 Å². The van der Waals surface area contributed by atoms with Gasteiger partial charge in [-0.3, -0.25) is 4.79 Å². The maximum Gasteiger partial charge on any atom is 0.287 e. The number of furan rings is 1. The van der Waals surface area contributed by atoms with E-state index in [9.17, 15) is 4.79 Å².